The number of carbonyl (C=O) groups is 4. The smallest absolute Gasteiger partial charge is 0.341 e. The number of esters is 2. The average Bonchev–Trinajstić information content (AvgIpc) is 3.40. The van der Waals surface area contributed by atoms with Gasteiger partial charge in [0.05, 0.1) is 41.0 Å². The van der Waals surface area contributed by atoms with Crippen molar-refractivity contribution in [3.8, 4) is 0 Å². The highest BCUT2D eigenvalue weighted by molar-refractivity contribution is 9.10. The normalized spacial score (nSPS) is 13.3. The number of halogens is 1. The minimum atomic E-state index is -0.451. The number of nitrogens with one attached hydrogen (secondary N) is 1. The first kappa shape index (κ1) is 28.5. The highest BCUT2D eigenvalue weighted by atomic mass is 79.9. The monoisotopic (exact) mass is 639 g/mol. The van der Waals surface area contributed by atoms with E-state index < -0.39 is 17.8 Å². The lowest BCUT2D eigenvalue weighted by molar-refractivity contribution is -0.143. The van der Waals surface area contributed by atoms with Gasteiger partial charge in [0, 0.05) is 9.35 Å². The number of benzene rings is 1. The molecule has 1 N–H and O–H groups in total. The van der Waals surface area contributed by atoms with Crippen molar-refractivity contribution in [3.63, 3.8) is 0 Å². The molecular formula is C25H26BrN3O6S3. The quantitative estimate of drug-likeness (QED) is 0.341. The van der Waals surface area contributed by atoms with Gasteiger partial charge in [-0.25, -0.2) is 4.79 Å². The van der Waals surface area contributed by atoms with Gasteiger partial charge in [-0.1, -0.05) is 27.3 Å². The van der Waals surface area contributed by atoms with E-state index in [1.54, 1.807) is 11.5 Å². The largest absolute Gasteiger partial charge is 0.465 e. The number of aryl methyl sites for hydroxylation is 1. The Kier molecular flexibility index (Phi) is 9.80. The SMILES string of the molecule is CCOC(=O)Cn1c(=NC(=O)CSCC(=O)Nc2sc3c(c2C(=O)OC)CCCC3)sc2cc(Br)ccc21. The van der Waals surface area contributed by atoms with Crippen LogP contribution in [0.2, 0.25) is 0 Å². The van der Waals surface area contributed by atoms with Gasteiger partial charge in [-0.3, -0.25) is 14.4 Å². The topological polar surface area (TPSA) is 116 Å². The van der Waals surface area contributed by atoms with E-state index in [2.05, 4.69) is 26.2 Å². The molecule has 2 heterocycles. The summed E-state index contributed by atoms with van der Waals surface area (Å²) in [5.74, 6) is -1.60. The van der Waals surface area contributed by atoms with E-state index in [0.717, 1.165) is 62.6 Å². The molecule has 0 fully saturated rings. The van der Waals surface area contributed by atoms with E-state index in [1.807, 2.05) is 18.2 Å². The highest BCUT2D eigenvalue weighted by Crippen LogP contribution is 2.38. The van der Waals surface area contributed by atoms with Gasteiger partial charge in [0.15, 0.2) is 4.80 Å². The molecule has 0 unspecified atom stereocenters. The molecule has 0 saturated heterocycles. The Morgan fingerprint density at radius 2 is 1.95 bits per heavy atom. The van der Waals surface area contributed by atoms with Crippen LogP contribution in [0.15, 0.2) is 27.7 Å². The number of hydrogen-bond acceptors (Lipinski definition) is 9. The van der Waals surface area contributed by atoms with Crippen LogP contribution in [0.4, 0.5) is 5.00 Å². The molecule has 4 rings (SSSR count). The molecule has 38 heavy (non-hydrogen) atoms. The lowest BCUT2D eigenvalue weighted by Crippen LogP contribution is -2.23. The molecule has 3 aromatic rings. The second-order valence-electron chi connectivity index (χ2n) is 8.34. The zero-order valence-corrected chi connectivity index (χ0v) is 24.9. The van der Waals surface area contributed by atoms with Gasteiger partial charge in [-0.05, 0) is 56.4 Å². The van der Waals surface area contributed by atoms with Crippen LogP contribution in [0, 0.1) is 0 Å². The van der Waals surface area contributed by atoms with E-state index in [0.29, 0.717) is 15.4 Å². The van der Waals surface area contributed by atoms with E-state index in [-0.39, 0.29) is 30.6 Å². The minimum absolute atomic E-state index is 0.0183. The van der Waals surface area contributed by atoms with E-state index in [1.165, 1.54) is 29.8 Å². The highest BCUT2D eigenvalue weighted by Gasteiger charge is 2.27. The van der Waals surface area contributed by atoms with Crippen molar-refractivity contribution < 1.29 is 28.7 Å². The Balaban J connectivity index is 1.43. The Morgan fingerprint density at radius 3 is 2.71 bits per heavy atom. The molecule has 1 aliphatic carbocycles. The second kappa shape index (κ2) is 13.0. The van der Waals surface area contributed by atoms with Crippen LogP contribution >= 0.6 is 50.4 Å². The van der Waals surface area contributed by atoms with E-state index >= 15 is 0 Å². The van der Waals surface area contributed by atoms with Gasteiger partial charge < -0.3 is 19.4 Å². The Hall–Kier alpha value is -2.48. The number of anilines is 1. The molecule has 0 spiro atoms. The summed E-state index contributed by atoms with van der Waals surface area (Å²) in [6, 6.07) is 5.60. The molecule has 202 valence electrons. The number of amides is 2. The van der Waals surface area contributed by atoms with Gasteiger partial charge >= 0.3 is 11.9 Å². The molecule has 0 radical (unpaired) electrons. The predicted octanol–water partition coefficient (Wildman–Crippen LogP) is 4.55. The Morgan fingerprint density at radius 1 is 1.16 bits per heavy atom. The Bertz CT molecular complexity index is 1460. The summed E-state index contributed by atoms with van der Waals surface area (Å²) in [5, 5.41) is 3.33. The summed E-state index contributed by atoms with van der Waals surface area (Å²) < 4.78 is 13.4. The standard InChI is InChI=1S/C25H26BrN3O6S3/c1-3-35-21(32)11-29-16-9-8-14(26)10-18(16)38-25(29)28-20(31)13-36-12-19(30)27-23-22(24(33)34-2)15-6-4-5-7-17(15)37-23/h8-10H,3-7,11-13H2,1-2H3,(H,27,30). The summed E-state index contributed by atoms with van der Waals surface area (Å²) >= 11 is 7.28. The molecule has 2 amide bonds. The molecule has 1 aliphatic rings. The van der Waals surface area contributed by atoms with Gasteiger partial charge in [-0.15, -0.1) is 23.1 Å². The third-order valence-electron chi connectivity index (χ3n) is 5.73. The second-order valence-corrected chi connectivity index (χ2v) is 12.4. The summed E-state index contributed by atoms with van der Waals surface area (Å²) in [6.07, 6.45) is 3.73. The molecule has 0 aliphatic heterocycles. The van der Waals surface area contributed by atoms with Gasteiger partial charge in [0.2, 0.25) is 5.91 Å². The number of thioether (sulfide) groups is 1. The molecule has 1 aromatic carbocycles. The van der Waals surface area contributed by atoms with Crippen molar-refractivity contribution in [3.05, 3.63) is 43.5 Å². The van der Waals surface area contributed by atoms with Crippen LogP contribution < -0.4 is 10.1 Å². The summed E-state index contributed by atoms with van der Waals surface area (Å²) in [6.45, 7) is 1.92. The zero-order valence-electron chi connectivity index (χ0n) is 20.8. The van der Waals surface area contributed by atoms with Crippen molar-refractivity contribution in [2.24, 2.45) is 4.99 Å². The lowest BCUT2D eigenvalue weighted by Gasteiger charge is -2.11. The number of carbonyl (C=O) groups excluding carboxylic acids is 4. The van der Waals surface area contributed by atoms with Crippen molar-refractivity contribution >= 4 is 89.3 Å². The number of aromatic nitrogens is 1. The summed E-state index contributed by atoms with van der Waals surface area (Å²) in [7, 11) is 1.33. The minimum Gasteiger partial charge on any atom is -0.465 e. The van der Waals surface area contributed by atoms with Gasteiger partial charge in [0.25, 0.3) is 5.91 Å². The number of rotatable bonds is 9. The van der Waals surface area contributed by atoms with Crippen LogP contribution in [0.25, 0.3) is 10.2 Å². The van der Waals surface area contributed by atoms with Gasteiger partial charge in [-0.2, -0.15) is 4.99 Å². The van der Waals surface area contributed by atoms with E-state index in [9.17, 15) is 19.2 Å². The first-order valence-corrected chi connectivity index (χ1v) is 15.5. The van der Waals surface area contributed by atoms with Crippen molar-refractivity contribution in [1.82, 2.24) is 4.57 Å². The van der Waals surface area contributed by atoms with Crippen molar-refractivity contribution in [2.45, 2.75) is 39.2 Å². The molecule has 0 saturated carbocycles. The van der Waals surface area contributed by atoms with E-state index in [4.69, 9.17) is 9.47 Å². The fourth-order valence-corrected chi connectivity index (χ4v) is 7.62. The van der Waals surface area contributed by atoms with Crippen LogP contribution in [-0.4, -0.2) is 53.5 Å². The number of thiophene rings is 1. The first-order valence-electron chi connectivity index (χ1n) is 11.9. The Labute approximate surface area is 239 Å². The zero-order chi connectivity index (χ0) is 27.2. The fourth-order valence-electron chi connectivity index (χ4n) is 4.13. The average molecular weight is 641 g/mol. The number of ether oxygens (including phenoxy) is 2. The first-order chi connectivity index (χ1) is 18.3. The fraction of sp³-hybridized carbons (Fsp3) is 0.400. The number of hydrogen-bond donors (Lipinski definition) is 1. The van der Waals surface area contributed by atoms with Gasteiger partial charge in [0.1, 0.15) is 11.5 Å². The van der Waals surface area contributed by atoms with Crippen LogP contribution in [-0.2, 0) is 43.2 Å². The number of nitrogens with zero attached hydrogens (tertiary/aromatic N) is 2. The summed E-state index contributed by atoms with van der Waals surface area (Å²) in [5.41, 5.74) is 2.18. The third-order valence-corrected chi connectivity index (χ3v) is 9.39. The van der Waals surface area contributed by atoms with Crippen LogP contribution in [0.3, 0.4) is 0 Å². The maximum absolute atomic E-state index is 12.7. The number of fused-ring (bicyclic) bond motifs is 2. The van der Waals surface area contributed by atoms with Crippen LogP contribution in [0.5, 0.6) is 0 Å². The summed E-state index contributed by atoms with van der Waals surface area (Å²) in [4.78, 5) is 55.5. The molecule has 13 heteroatoms. The number of thiazole rings is 1. The maximum atomic E-state index is 12.7. The van der Waals surface area contributed by atoms with Crippen molar-refractivity contribution in [1.29, 1.82) is 0 Å². The predicted molar refractivity (Wildman–Crippen MR) is 153 cm³/mol. The molecule has 9 nitrogen and oxygen atoms in total. The third kappa shape index (κ3) is 6.74. The maximum Gasteiger partial charge on any atom is 0.341 e. The van der Waals surface area contributed by atoms with Crippen LogP contribution in [0.1, 0.15) is 40.6 Å². The lowest BCUT2D eigenvalue weighted by atomic mass is 9.95. The van der Waals surface area contributed by atoms with Crippen molar-refractivity contribution in [2.75, 3.05) is 30.5 Å². The molecule has 0 atom stereocenters. The molecule has 2 aromatic heterocycles. The molecular weight excluding hydrogens is 614 g/mol. The number of methoxy groups -OCH3 is 1. The molecule has 0 bridgehead atoms.